The summed E-state index contributed by atoms with van der Waals surface area (Å²) in [5.74, 6) is 1.10. The largest absolute Gasteiger partial charge is 0.454 e. The van der Waals surface area contributed by atoms with Crippen LogP contribution < -0.4 is 9.47 Å². The van der Waals surface area contributed by atoms with Gasteiger partial charge in [0.1, 0.15) is 0 Å². The highest BCUT2D eigenvalue weighted by atomic mass is 16.7. The second kappa shape index (κ2) is 5.04. The van der Waals surface area contributed by atoms with Crippen LogP contribution in [0.2, 0.25) is 0 Å². The van der Waals surface area contributed by atoms with Crippen molar-refractivity contribution in [3.63, 3.8) is 0 Å². The Hall–Kier alpha value is -3.08. The molecule has 0 bridgehead atoms. The molecular weight excluding hydrogens is 282 g/mol. The van der Waals surface area contributed by atoms with Crippen LogP contribution in [-0.2, 0) is 9.53 Å². The predicted octanol–water partition coefficient (Wildman–Crippen LogP) is 2.76. The van der Waals surface area contributed by atoms with Gasteiger partial charge < -0.3 is 14.2 Å². The zero-order chi connectivity index (χ0) is 14.9. The number of carbonyl (C=O) groups excluding carboxylic acids is 1. The van der Waals surface area contributed by atoms with Crippen LogP contribution in [0.1, 0.15) is 11.1 Å². The monoisotopic (exact) mass is 293 g/mol. The summed E-state index contributed by atoms with van der Waals surface area (Å²) in [7, 11) is 0. The van der Waals surface area contributed by atoms with Gasteiger partial charge in [0.25, 0.3) is 0 Å². The summed E-state index contributed by atoms with van der Waals surface area (Å²) in [4.78, 5) is 16.2. The SMILES string of the molecule is O=C1OC(c2ccc3c(c2)OCO3)=N/C1=C\c1ccccc1. The fourth-order valence-corrected chi connectivity index (χ4v) is 2.27. The summed E-state index contributed by atoms with van der Waals surface area (Å²) in [6, 6.07) is 14.8. The Kier molecular flexibility index (Phi) is 2.89. The van der Waals surface area contributed by atoms with E-state index in [0.717, 1.165) is 5.56 Å². The minimum Gasteiger partial charge on any atom is -0.454 e. The van der Waals surface area contributed by atoms with Gasteiger partial charge in [0.05, 0.1) is 0 Å². The zero-order valence-corrected chi connectivity index (χ0v) is 11.5. The second-order valence-corrected chi connectivity index (χ2v) is 4.81. The number of rotatable bonds is 2. The summed E-state index contributed by atoms with van der Waals surface area (Å²) in [5.41, 5.74) is 1.85. The quantitative estimate of drug-likeness (QED) is 0.631. The lowest BCUT2D eigenvalue weighted by Crippen LogP contribution is -2.05. The van der Waals surface area contributed by atoms with E-state index < -0.39 is 5.97 Å². The summed E-state index contributed by atoms with van der Waals surface area (Å²) in [5, 5.41) is 0. The summed E-state index contributed by atoms with van der Waals surface area (Å²) < 4.78 is 15.8. The Morgan fingerprint density at radius 2 is 1.82 bits per heavy atom. The van der Waals surface area contributed by atoms with Gasteiger partial charge in [0.2, 0.25) is 12.7 Å². The number of benzene rings is 2. The normalized spacial score (nSPS) is 17.5. The molecule has 5 heteroatoms. The Morgan fingerprint density at radius 3 is 2.68 bits per heavy atom. The van der Waals surface area contributed by atoms with Crippen LogP contribution >= 0.6 is 0 Å². The number of hydrogen-bond donors (Lipinski definition) is 0. The molecule has 22 heavy (non-hydrogen) atoms. The van der Waals surface area contributed by atoms with E-state index in [4.69, 9.17) is 14.2 Å². The van der Waals surface area contributed by atoms with Gasteiger partial charge in [-0.15, -0.1) is 0 Å². The van der Waals surface area contributed by atoms with Crippen LogP contribution in [0, 0.1) is 0 Å². The Labute approximate surface area is 126 Å². The molecule has 108 valence electrons. The highest BCUT2D eigenvalue weighted by Crippen LogP contribution is 2.33. The molecule has 0 atom stereocenters. The van der Waals surface area contributed by atoms with Crippen LogP contribution in [-0.4, -0.2) is 18.7 Å². The molecule has 0 saturated carbocycles. The third-order valence-electron chi connectivity index (χ3n) is 3.34. The molecule has 0 amide bonds. The molecule has 2 aromatic rings. The van der Waals surface area contributed by atoms with Crippen LogP contribution in [0.5, 0.6) is 11.5 Å². The van der Waals surface area contributed by atoms with E-state index >= 15 is 0 Å². The molecule has 0 radical (unpaired) electrons. The van der Waals surface area contributed by atoms with Crippen molar-refractivity contribution in [3.05, 3.63) is 65.4 Å². The van der Waals surface area contributed by atoms with Crippen LogP contribution in [0.15, 0.2) is 59.2 Å². The molecular formula is C17H11NO4. The molecule has 0 aliphatic carbocycles. The lowest BCUT2D eigenvalue weighted by atomic mass is 10.2. The highest BCUT2D eigenvalue weighted by Gasteiger charge is 2.25. The van der Waals surface area contributed by atoms with E-state index in [2.05, 4.69) is 4.99 Å². The number of ether oxygens (including phenoxy) is 3. The second-order valence-electron chi connectivity index (χ2n) is 4.81. The van der Waals surface area contributed by atoms with Crippen molar-refractivity contribution in [2.24, 2.45) is 4.99 Å². The Balaban J connectivity index is 1.68. The van der Waals surface area contributed by atoms with Crippen LogP contribution in [0.4, 0.5) is 0 Å². The van der Waals surface area contributed by atoms with E-state index in [-0.39, 0.29) is 18.4 Å². The van der Waals surface area contributed by atoms with E-state index in [1.165, 1.54) is 0 Å². The number of fused-ring (bicyclic) bond motifs is 1. The molecule has 4 rings (SSSR count). The molecule has 0 unspecified atom stereocenters. The summed E-state index contributed by atoms with van der Waals surface area (Å²) in [6.07, 6.45) is 1.70. The van der Waals surface area contributed by atoms with Crippen LogP contribution in [0.25, 0.3) is 6.08 Å². The number of esters is 1. The highest BCUT2D eigenvalue weighted by molar-refractivity contribution is 6.13. The maximum atomic E-state index is 11.9. The lowest BCUT2D eigenvalue weighted by Gasteiger charge is -2.01. The van der Waals surface area contributed by atoms with Gasteiger partial charge >= 0.3 is 5.97 Å². The fraction of sp³-hybridized carbons (Fsp3) is 0.0588. The van der Waals surface area contributed by atoms with E-state index in [1.54, 1.807) is 24.3 Å². The van der Waals surface area contributed by atoms with Gasteiger partial charge in [-0.25, -0.2) is 9.79 Å². The van der Waals surface area contributed by atoms with Gasteiger partial charge in [0, 0.05) is 5.56 Å². The molecule has 0 N–H and O–H groups in total. The molecule has 0 spiro atoms. The molecule has 2 heterocycles. The molecule has 2 aliphatic heterocycles. The Bertz CT molecular complexity index is 809. The number of aliphatic imine (C=N–C) groups is 1. The molecule has 2 aliphatic rings. The minimum atomic E-state index is -0.462. The number of nitrogens with zero attached hydrogens (tertiary/aromatic N) is 1. The topological polar surface area (TPSA) is 57.1 Å². The first-order valence-electron chi connectivity index (χ1n) is 6.77. The fourth-order valence-electron chi connectivity index (χ4n) is 2.27. The predicted molar refractivity (Wildman–Crippen MR) is 79.6 cm³/mol. The van der Waals surface area contributed by atoms with Crippen molar-refractivity contribution in [2.45, 2.75) is 0 Å². The van der Waals surface area contributed by atoms with E-state index in [0.29, 0.717) is 17.1 Å². The molecule has 5 nitrogen and oxygen atoms in total. The van der Waals surface area contributed by atoms with Crippen LogP contribution in [0.3, 0.4) is 0 Å². The van der Waals surface area contributed by atoms with Crippen molar-refractivity contribution in [2.75, 3.05) is 6.79 Å². The third-order valence-corrected chi connectivity index (χ3v) is 3.34. The first kappa shape index (κ1) is 12.6. The standard InChI is InChI=1S/C17H11NO4/c19-17-13(8-11-4-2-1-3-5-11)18-16(22-17)12-6-7-14-15(9-12)21-10-20-14/h1-9H,10H2/b13-8-. The molecule has 0 aromatic heterocycles. The van der Waals surface area contributed by atoms with Gasteiger partial charge in [-0.2, -0.15) is 0 Å². The van der Waals surface area contributed by atoms with Gasteiger partial charge in [0.15, 0.2) is 17.2 Å². The molecule has 0 fully saturated rings. The van der Waals surface area contributed by atoms with Crippen molar-refractivity contribution in [1.29, 1.82) is 0 Å². The minimum absolute atomic E-state index is 0.199. The summed E-state index contributed by atoms with van der Waals surface area (Å²) in [6.45, 7) is 0.199. The lowest BCUT2D eigenvalue weighted by molar-refractivity contribution is -0.129. The average molecular weight is 293 g/mol. The van der Waals surface area contributed by atoms with E-state index in [1.807, 2.05) is 30.3 Å². The van der Waals surface area contributed by atoms with Gasteiger partial charge in [-0.1, -0.05) is 30.3 Å². The van der Waals surface area contributed by atoms with Gasteiger partial charge in [-0.3, -0.25) is 0 Å². The number of hydrogen-bond acceptors (Lipinski definition) is 5. The molecule has 2 aromatic carbocycles. The average Bonchev–Trinajstić information content (AvgIpc) is 3.15. The Morgan fingerprint density at radius 1 is 1.00 bits per heavy atom. The van der Waals surface area contributed by atoms with E-state index in [9.17, 15) is 4.79 Å². The zero-order valence-electron chi connectivity index (χ0n) is 11.5. The first-order chi connectivity index (χ1) is 10.8. The maximum absolute atomic E-state index is 11.9. The number of cyclic esters (lactones) is 1. The third kappa shape index (κ3) is 2.22. The van der Waals surface area contributed by atoms with Crippen molar-refractivity contribution >= 4 is 17.9 Å². The smallest absolute Gasteiger partial charge is 0.363 e. The van der Waals surface area contributed by atoms with Crippen molar-refractivity contribution in [1.82, 2.24) is 0 Å². The summed E-state index contributed by atoms with van der Waals surface area (Å²) >= 11 is 0. The first-order valence-corrected chi connectivity index (χ1v) is 6.77. The van der Waals surface area contributed by atoms with Crippen molar-refractivity contribution in [3.8, 4) is 11.5 Å². The maximum Gasteiger partial charge on any atom is 0.363 e. The van der Waals surface area contributed by atoms with Gasteiger partial charge in [-0.05, 0) is 29.8 Å². The number of carbonyl (C=O) groups is 1. The van der Waals surface area contributed by atoms with Crippen molar-refractivity contribution < 1.29 is 19.0 Å². The molecule has 0 saturated heterocycles.